The Morgan fingerprint density at radius 1 is 1.28 bits per heavy atom. The molecule has 0 bridgehead atoms. The van der Waals surface area contributed by atoms with E-state index in [1.165, 1.54) is 12.8 Å². The van der Waals surface area contributed by atoms with E-state index >= 15 is 0 Å². The molecule has 0 aromatic heterocycles. The fraction of sp³-hybridized carbons (Fsp3) is 0.857. The number of esters is 2. The molecular formula is C14H24O4. The highest BCUT2D eigenvalue weighted by Crippen LogP contribution is 2.33. The second-order valence-electron chi connectivity index (χ2n) is 5.23. The van der Waals surface area contributed by atoms with E-state index in [0.717, 1.165) is 12.8 Å². The van der Waals surface area contributed by atoms with Crippen LogP contribution in [0.25, 0.3) is 0 Å². The Kier molecular flexibility index (Phi) is 6.16. The molecule has 0 amide bonds. The first-order chi connectivity index (χ1) is 8.54. The van der Waals surface area contributed by atoms with Gasteiger partial charge >= 0.3 is 11.9 Å². The van der Waals surface area contributed by atoms with Crippen molar-refractivity contribution in [3.63, 3.8) is 0 Å². The predicted octanol–water partition coefficient (Wildman–Crippen LogP) is 2.56. The van der Waals surface area contributed by atoms with Crippen molar-refractivity contribution in [2.24, 2.45) is 17.8 Å². The average Bonchev–Trinajstić information content (AvgIpc) is 2.35. The summed E-state index contributed by atoms with van der Waals surface area (Å²) in [6, 6.07) is 0. The summed E-state index contributed by atoms with van der Waals surface area (Å²) in [7, 11) is 0. The summed E-state index contributed by atoms with van der Waals surface area (Å²) < 4.78 is 9.71. The minimum atomic E-state index is -0.477. The Labute approximate surface area is 109 Å². The first-order valence-corrected chi connectivity index (χ1v) is 6.86. The van der Waals surface area contributed by atoms with Crippen LogP contribution in [0.4, 0.5) is 0 Å². The molecule has 0 spiro atoms. The van der Waals surface area contributed by atoms with Gasteiger partial charge in [-0.15, -0.1) is 0 Å². The van der Waals surface area contributed by atoms with Gasteiger partial charge in [-0.25, -0.2) is 4.79 Å². The summed E-state index contributed by atoms with van der Waals surface area (Å²) in [6.45, 7) is 5.90. The number of hydrogen-bond acceptors (Lipinski definition) is 4. The van der Waals surface area contributed by atoms with E-state index < -0.39 is 5.97 Å². The highest BCUT2D eigenvalue weighted by atomic mass is 16.6. The zero-order valence-electron chi connectivity index (χ0n) is 11.6. The molecule has 0 N–H and O–H groups in total. The van der Waals surface area contributed by atoms with E-state index in [2.05, 4.69) is 6.92 Å². The third-order valence-corrected chi connectivity index (χ3v) is 3.69. The van der Waals surface area contributed by atoms with Crippen LogP contribution < -0.4 is 0 Å². The number of rotatable bonds is 5. The normalized spacial score (nSPS) is 25.3. The topological polar surface area (TPSA) is 52.6 Å². The molecule has 4 nitrogen and oxygen atoms in total. The summed E-state index contributed by atoms with van der Waals surface area (Å²) in [5, 5.41) is 0. The molecule has 0 heterocycles. The van der Waals surface area contributed by atoms with Crippen molar-refractivity contribution < 1.29 is 19.1 Å². The van der Waals surface area contributed by atoms with Gasteiger partial charge in [-0.1, -0.05) is 26.7 Å². The van der Waals surface area contributed by atoms with Crippen molar-refractivity contribution >= 4 is 11.9 Å². The third kappa shape index (κ3) is 4.67. The van der Waals surface area contributed by atoms with Crippen molar-refractivity contribution in [3.05, 3.63) is 0 Å². The lowest BCUT2D eigenvalue weighted by Gasteiger charge is -2.30. The monoisotopic (exact) mass is 256 g/mol. The first-order valence-electron chi connectivity index (χ1n) is 6.86. The van der Waals surface area contributed by atoms with Gasteiger partial charge in [-0.2, -0.15) is 0 Å². The lowest BCUT2D eigenvalue weighted by Crippen LogP contribution is -2.29. The van der Waals surface area contributed by atoms with Gasteiger partial charge in [-0.05, 0) is 31.6 Å². The molecule has 18 heavy (non-hydrogen) atoms. The zero-order chi connectivity index (χ0) is 13.5. The van der Waals surface area contributed by atoms with Crippen molar-refractivity contribution in [1.29, 1.82) is 0 Å². The smallest absolute Gasteiger partial charge is 0.344 e. The first kappa shape index (κ1) is 15.0. The van der Waals surface area contributed by atoms with Crippen LogP contribution in [0.5, 0.6) is 0 Å². The molecule has 0 saturated heterocycles. The van der Waals surface area contributed by atoms with E-state index in [0.29, 0.717) is 18.4 Å². The Balaban J connectivity index is 2.34. The minimum absolute atomic E-state index is 0.123. The van der Waals surface area contributed by atoms with Gasteiger partial charge in [0.15, 0.2) is 6.61 Å². The number of ether oxygens (including phenoxy) is 2. The molecule has 1 aliphatic rings. The molecule has 0 aliphatic heterocycles. The number of carbonyl (C=O) groups excluding carboxylic acids is 2. The lowest BCUT2D eigenvalue weighted by atomic mass is 9.76. The number of hydrogen-bond donors (Lipinski definition) is 0. The standard InChI is InChI=1S/C14H24O4/c1-4-17-13(15)9-18-14(16)11(3)12-7-5-6-10(2)8-12/h10-12H,4-9H2,1-3H3. The molecule has 104 valence electrons. The van der Waals surface area contributed by atoms with Crippen LogP contribution in [0.2, 0.25) is 0 Å². The molecule has 4 heteroatoms. The molecule has 0 aromatic carbocycles. The van der Waals surface area contributed by atoms with Crippen LogP contribution >= 0.6 is 0 Å². The van der Waals surface area contributed by atoms with Crippen molar-refractivity contribution in [1.82, 2.24) is 0 Å². The van der Waals surface area contributed by atoms with Crippen LogP contribution in [0.3, 0.4) is 0 Å². The van der Waals surface area contributed by atoms with Gasteiger partial charge < -0.3 is 9.47 Å². The second kappa shape index (κ2) is 7.39. The van der Waals surface area contributed by atoms with E-state index in [1.54, 1.807) is 6.92 Å². The summed E-state index contributed by atoms with van der Waals surface area (Å²) in [4.78, 5) is 22.9. The van der Waals surface area contributed by atoms with E-state index in [-0.39, 0.29) is 18.5 Å². The van der Waals surface area contributed by atoms with Crippen molar-refractivity contribution in [2.75, 3.05) is 13.2 Å². The highest BCUT2D eigenvalue weighted by molar-refractivity contribution is 5.77. The van der Waals surface area contributed by atoms with Gasteiger partial charge in [0.25, 0.3) is 0 Å². The molecule has 3 atom stereocenters. The molecular weight excluding hydrogens is 232 g/mol. The molecule has 0 radical (unpaired) electrons. The molecule has 1 fully saturated rings. The summed E-state index contributed by atoms with van der Waals surface area (Å²) in [6.07, 6.45) is 4.60. The fourth-order valence-corrected chi connectivity index (χ4v) is 2.59. The molecule has 1 saturated carbocycles. The Morgan fingerprint density at radius 2 is 2.00 bits per heavy atom. The average molecular weight is 256 g/mol. The summed E-state index contributed by atoms with van der Waals surface area (Å²) >= 11 is 0. The second-order valence-corrected chi connectivity index (χ2v) is 5.23. The predicted molar refractivity (Wildman–Crippen MR) is 67.9 cm³/mol. The van der Waals surface area contributed by atoms with Crippen molar-refractivity contribution in [2.45, 2.75) is 46.5 Å². The van der Waals surface area contributed by atoms with Gasteiger partial charge in [0.1, 0.15) is 0 Å². The van der Waals surface area contributed by atoms with Crippen LogP contribution in [-0.2, 0) is 19.1 Å². The molecule has 3 unspecified atom stereocenters. The van der Waals surface area contributed by atoms with Crippen molar-refractivity contribution in [3.8, 4) is 0 Å². The maximum atomic E-state index is 11.8. The maximum Gasteiger partial charge on any atom is 0.344 e. The lowest BCUT2D eigenvalue weighted by molar-refractivity contribution is -0.162. The summed E-state index contributed by atoms with van der Waals surface area (Å²) in [5.74, 6) is 0.201. The fourth-order valence-electron chi connectivity index (χ4n) is 2.59. The van der Waals surface area contributed by atoms with E-state index in [1.807, 2.05) is 6.92 Å². The van der Waals surface area contributed by atoms with Crippen LogP contribution in [0.15, 0.2) is 0 Å². The molecule has 1 rings (SSSR count). The largest absolute Gasteiger partial charge is 0.463 e. The number of carbonyl (C=O) groups is 2. The maximum absolute atomic E-state index is 11.8. The molecule has 1 aliphatic carbocycles. The van der Waals surface area contributed by atoms with Gasteiger partial charge in [0.05, 0.1) is 12.5 Å². The molecule has 0 aromatic rings. The van der Waals surface area contributed by atoms with Gasteiger partial charge in [0.2, 0.25) is 0 Å². The van der Waals surface area contributed by atoms with Crippen LogP contribution in [0, 0.1) is 17.8 Å². The zero-order valence-corrected chi connectivity index (χ0v) is 11.6. The van der Waals surface area contributed by atoms with E-state index in [4.69, 9.17) is 9.47 Å². The third-order valence-electron chi connectivity index (χ3n) is 3.69. The highest BCUT2D eigenvalue weighted by Gasteiger charge is 2.29. The Hall–Kier alpha value is -1.06. The quantitative estimate of drug-likeness (QED) is 0.709. The Morgan fingerprint density at radius 3 is 2.61 bits per heavy atom. The van der Waals surface area contributed by atoms with Crippen LogP contribution in [0.1, 0.15) is 46.5 Å². The van der Waals surface area contributed by atoms with E-state index in [9.17, 15) is 9.59 Å². The SMILES string of the molecule is CCOC(=O)COC(=O)C(C)C1CCCC(C)C1. The Bertz CT molecular complexity index is 288. The summed E-state index contributed by atoms with van der Waals surface area (Å²) in [5.41, 5.74) is 0. The van der Waals surface area contributed by atoms with Gasteiger partial charge in [0, 0.05) is 0 Å². The van der Waals surface area contributed by atoms with Crippen LogP contribution in [-0.4, -0.2) is 25.2 Å². The minimum Gasteiger partial charge on any atom is -0.463 e. The van der Waals surface area contributed by atoms with Gasteiger partial charge in [-0.3, -0.25) is 4.79 Å².